The van der Waals surface area contributed by atoms with Crippen LogP contribution in [0.2, 0.25) is 0 Å². The molecule has 1 rings (SSSR count). The van der Waals surface area contributed by atoms with Crippen molar-refractivity contribution in [2.45, 2.75) is 36.9 Å². The Morgan fingerprint density at radius 2 is 1.82 bits per heavy atom. The van der Waals surface area contributed by atoms with Crippen LogP contribution in [0.3, 0.4) is 0 Å². The van der Waals surface area contributed by atoms with Gasteiger partial charge >= 0.3 is 0 Å². The number of aliphatic hydroxyl groups is 1. The summed E-state index contributed by atoms with van der Waals surface area (Å²) in [6, 6.07) is 0. The molecule has 1 fully saturated rings. The van der Waals surface area contributed by atoms with Crippen LogP contribution < -0.4 is 5.73 Å². The monoisotopic (exact) mass is 157 g/mol. The van der Waals surface area contributed by atoms with Crippen molar-refractivity contribution >= 4 is 7.85 Å². The van der Waals surface area contributed by atoms with Crippen molar-refractivity contribution in [2.75, 3.05) is 6.54 Å². The molecule has 0 bridgehead atoms. The minimum atomic E-state index is -1.58. The average Bonchev–Trinajstić information content (AvgIpc) is 1.97. The first kappa shape index (κ1) is 9.01. The Balaban J connectivity index is 2.48. The van der Waals surface area contributed by atoms with E-state index >= 15 is 0 Å². The van der Waals surface area contributed by atoms with Crippen molar-refractivity contribution in [1.82, 2.24) is 0 Å². The first-order valence-electron chi connectivity index (χ1n) is 3.88. The predicted molar refractivity (Wildman–Crippen MR) is 42.1 cm³/mol. The van der Waals surface area contributed by atoms with E-state index in [1.54, 1.807) is 0 Å². The van der Waals surface area contributed by atoms with Crippen molar-refractivity contribution < 1.29 is 9.50 Å². The van der Waals surface area contributed by atoms with E-state index in [0.29, 0.717) is 12.8 Å². The standard InChI is InChI=1S/C7H13BFNO/c8-7(9)3-1-6(11,5-10)2-4-7/h11H,1-5,10H2. The third-order valence-electron chi connectivity index (χ3n) is 2.39. The second-order valence-corrected chi connectivity index (χ2v) is 3.46. The number of halogens is 1. The number of hydrogen-bond acceptors (Lipinski definition) is 2. The van der Waals surface area contributed by atoms with Gasteiger partial charge in [0.05, 0.1) is 11.2 Å². The normalized spacial score (nSPS) is 45.7. The third kappa shape index (κ3) is 2.17. The molecule has 11 heavy (non-hydrogen) atoms. The predicted octanol–water partition coefficient (Wildman–Crippen LogP) is 0.0845. The topological polar surface area (TPSA) is 46.2 Å². The molecule has 0 aliphatic heterocycles. The molecule has 3 N–H and O–H groups in total. The minimum absolute atomic E-state index is 0.198. The van der Waals surface area contributed by atoms with E-state index in [2.05, 4.69) is 0 Å². The Morgan fingerprint density at radius 3 is 2.18 bits per heavy atom. The van der Waals surface area contributed by atoms with E-state index in [9.17, 15) is 9.50 Å². The molecule has 1 aliphatic carbocycles. The summed E-state index contributed by atoms with van der Waals surface area (Å²) in [5.74, 6) is 0. The van der Waals surface area contributed by atoms with Crippen LogP contribution in [0.5, 0.6) is 0 Å². The summed E-state index contributed by atoms with van der Waals surface area (Å²) in [7, 11) is 5.24. The van der Waals surface area contributed by atoms with E-state index in [4.69, 9.17) is 13.6 Å². The molecule has 0 aromatic heterocycles. The summed E-state index contributed by atoms with van der Waals surface area (Å²) >= 11 is 0. The smallest absolute Gasteiger partial charge is 0.121 e. The lowest BCUT2D eigenvalue weighted by atomic mass is 9.67. The summed E-state index contributed by atoms with van der Waals surface area (Å²) < 4.78 is 13.0. The number of nitrogens with two attached hydrogens (primary N) is 1. The zero-order valence-corrected chi connectivity index (χ0v) is 6.52. The first-order valence-corrected chi connectivity index (χ1v) is 3.88. The van der Waals surface area contributed by atoms with Gasteiger partial charge in [0, 0.05) is 6.54 Å². The van der Waals surface area contributed by atoms with Crippen molar-refractivity contribution in [3.8, 4) is 0 Å². The van der Waals surface area contributed by atoms with Gasteiger partial charge in [-0.25, -0.2) is 0 Å². The van der Waals surface area contributed by atoms with E-state index in [-0.39, 0.29) is 19.4 Å². The fraction of sp³-hybridized carbons (Fsp3) is 1.00. The van der Waals surface area contributed by atoms with Crippen LogP contribution in [0.15, 0.2) is 0 Å². The summed E-state index contributed by atoms with van der Waals surface area (Å²) in [5, 5.41) is 9.56. The van der Waals surface area contributed by atoms with Gasteiger partial charge in [0.1, 0.15) is 7.85 Å². The zero-order valence-electron chi connectivity index (χ0n) is 6.52. The SMILES string of the molecule is [B]C1(F)CCC(O)(CN)CC1. The van der Waals surface area contributed by atoms with Crippen molar-refractivity contribution in [3.63, 3.8) is 0 Å². The fourth-order valence-electron chi connectivity index (χ4n) is 1.34. The fourth-order valence-corrected chi connectivity index (χ4v) is 1.34. The van der Waals surface area contributed by atoms with Crippen LogP contribution in [-0.2, 0) is 0 Å². The maximum atomic E-state index is 13.0. The molecule has 0 atom stereocenters. The highest BCUT2D eigenvalue weighted by molar-refractivity contribution is 6.14. The molecule has 0 heterocycles. The van der Waals surface area contributed by atoms with Crippen LogP contribution in [0, 0.1) is 0 Å². The molecule has 0 saturated heterocycles. The molecule has 0 amide bonds. The lowest BCUT2D eigenvalue weighted by molar-refractivity contribution is -0.0160. The molecule has 0 spiro atoms. The minimum Gasteiger partial charge on any atom is -0.389 e. The Labute approximate surface area is 67.4 Å². The summed E-state index contributed by atoms with van der Waals surface area (Å²) in [6.45, 7) is 0.198. The lowest BCUT2D eigenvalue weighted by Crippen LogP contribution is -2.45. The van der Waals surface area contributed by atoms with Gasteiger partial charge in [-0.2, -0.15) is 0 Å². The molecular weight excluding hydrogens is 144 g/mol. The molecular formula is C7H13BFNO. The summed E-state index contributed by atoms with van der Waals surface area (Å²) in [6.07, 6.45) is 1.16. The van der Waals surface area contributed by atoms with Gasteiger partial charge in [0.2, 0.25) is 0 Å². The van der Waals surface area contributed by atoms with Crippen molar-refractivity contribution in [3.05, 3.63) is 0 Å². The Morgan fingerprint density at radius 1 is 1.36 bits per heavy atom. The van der Waals surface area contributed by atoms with E-state index in [1.807, 2.05) is 0 Å². The van der Waals surface area contributed by atoms with Gasteiger partial charge < -0.3 is 10.8 Å². The quantitative estimate of drug-likeness (QED) is 0.529. The molecule has 1 aliphatic rings. The highest BCUT2D eigenvalue weighted by atomic mass is 19.1. The van der Waals surface area contributed by atoms with Gasteiger partial charge in [-0.3, -0.25) is 4.39 Å². The molecule has 0 unspecified atom stereocenters. The van der Waals surface area contributed by atoms with Crippen LogP contribution in [-0.4, -0.2) is 30.7 Å². The Bertz CT molecular complexity index is 141. The number of rotatable bonds is 1. The number of alkyl halides is 1. The van der Waals surface area contributed by atoms with E-state index in [1.165, 1.54) is 0 Å². The van der Waals surface area contributed by atoms with Gasteiger partial charge in [-0.1, -0.05) is 0 Å². The van der Waals surface area contributed by atoms with Crippen LogP contribution in [0.1, 0.15) is 25.7 Å². The van der Waals surface area contributed by atoms with Gasteiger partial charge in [-0.05, 0) is 25.7 Å². The van der Waals surface area contributed by atoms with Crippen LogP contribution in [0.4, 0.5) is 4.39 Å². The van der Waals surface area contributed by atoms with Gasteiger partial charge in [-0.15, -0.1) is 0 Å². The highest BCUT2D eigenvalue weighted by Crippen LogP contribution is 2.34. The van der Waals surface area contributed by atoms with E-state index in [0.717, 1.165) is 0 Å². The maximum absolute atomic E-state index is 13.0. The van der Waals surface area contributed by atoms with Gasteiger partial charge in [0.25, 0.3) is 0 Å². The largest absolute Gasteiger partial charge is 0.389 e. The molecule has 2 nitrogen and oxygen atoms in total. The Hall–Kier alpha value is -0.0851. The number of hydrogen-bond donors (Lipinski definition) is 2. The second-order valence-electron chi connectivity index (χ2n) is 3.46. The van der Waals surface area contributed by atoms with E-state index < -0.39 is 11.2 Å². The zero-order chi connectivity index (χ0) is 8.54. The van der Waals surface area contributed by atoms with Crippen LogP contribution in [0.25, 0.3) is 0 Å². The van der Waals surface area contributed by atoms with Gasteiger partial charge in [0.15, 0.2) is 0 Å². The molecule has 1 saturated carbocycles. The molecule has 4 heteroatoms. The molecule has 0 aromatic carbocycles. The summed E-state index contributed by atoms with van der Waals surface area (Å²) in [4.78, 5) is 0. The first-order chi connectivity index (χ1) is 4.97. The highest BCUT2D eigenvalue weighted by Gasteiger charge is 2.37. The summed E-state index contributed by atoms with van der Waals surface area (Å²) in [5.41, 5.74) is 2.86. The molecule has 0 aromatic rings. The Kier molecular flexibility index (Phi) is 2.26. The average molecular weight is 157 g/mol. The lowest BCUT2D eigenvalue weighted by Gasteiger charge is -2.37. The van der Waals surface area contributed by atoms with Crippen LogP contribution >= 0.6 is 0 Å². The third-order valence-corrected chi connectivity index (χ3v) is 2.39. The second kappa shape index (κ2) is 2.75. The van der Waals surface area contributed by atoms with Crippen molar-refractivity contribution in [1.29, 1.82) is 0 Å². The maximum Gasteiger partial charge on any atom is 0.121 e. The van der Waals surface area contributed by atoms with Crippen molar-refractivity contribution in [2.24, 2.45) is 5.73 Å². The molecule has 2 radical (unpaired) electrons. The molecule has 62 valence electrons.